The maximum absolute atomic E-state index is 9.24. The fourth-order valence-corrected chi connectivity index (χ4v) is 2.31. The molecule has 1 aromatic carbocycles. The van der Waals surface area contributed by atoms with Crippen molar-refractivity contribution in [1.82, 2.24) is 9.38 Å². The standard InChI is InChI=1S/C19H18N4O/c1-14(2)7-11-24-18-12-16(6-5-15(18)13-20)22-19-17-4-3-9-23(17)10-8-21-19/h3-10,12H,11H2,1-2H3,(H,21,22). The van der Waals surface area contributed by atoms with Gasteiger partial charge >= 0.3 is 0 Å². The number of anilines is 2. The summed E-state index contributed by atoms with van der Waals surface area (Å²) in [6, 6.07) is 11.5. The van der Waals surface area contributed by atoms with E-state index in [1.54, 1.807) is 12.3 Å². The largest absolute Gasteiger partial charge is 0.488 e. The number of fused-ring (bicyclic) bond motifs is 1. The fraction of sp³-hybridized carbons (Fsp3) is 0.158. The Morgan fingerprint density at radius 1 is 1.33 bits per heavy atom. The van der Waals surface area contributed by atoms with E-state index in [0.717, 1.165) is 17.0 Å². The number of nitrogens with zero attached hydrogens (tertiary/aromatic N) is 3. The summed E-state index contributed by atoms with van der Waals surface area (Å²) in [5, 5.41) is 12.5. The summed E-state index contributed by atoms with van der Waals surface area (Å²) < 4.78 is 7.72. The topological polar surface area (TPSA) is 62.4 Å². The Bertz CT molecular complexity index is 930. The molecular formula is C19H18N4O. The molecule has 0 saturated carbocycles. The van der Waals surface area contributed by atoms with Crippen molar-refractivity contribution in [2.24, 2.45) is 0 Å². The molecule has 5 nitrogen and oxygen atoms in total. The second-order valence-electron chi connectivity index (χ2n) is 5.62. The van der Waals surface area contributed by atoms with Crippen molar-refractivity contribution < 1.29 is 4.74 Å². The van der Waals surface area contributed by atoms with Gasteiger partial charge in [0, 0.05) is 30.3 Å². The lowest BCUT2D eigenvalue weighted by Crippen LogP contribution is -2.00. The van der Waals surface area contributed by atoms with Gasteiger partial charge < -0.3 is 14.5 Å². The molecular weight excluding hydrogens is 300 g/mol. The molecule has 0 amide bonds. The molecule has 0 fully saturated rings. The summed E-state index contributed by atoms with van der Waals surface area (Å²) >= 11 is 0. The maximum Gasteiger partial charge on any atom is 0.154 e. The minimum Gasteiger partial charge on any atom is -0.488 e. The van der Waals surface area contributed by atoms with Gasteiger partial charge in [-0.2, -0.15) is 5.26 Å². The zero-order valence-electron chi connectivity index (χ0n) is 13.7. The fourth-order valence-electron chi connectivity index (χ4n) is 2.31. The summed E-state index contributed by atoms with van der Waals surface area (Å²) in [4.78, 5) is 4.38. The number of nitrogens with one attached hydrogen (secondary N) is 1. The van der Waals surface area contributed by atoms with Crippen LogP contribution in [0.3, 0.4) is 0 Å². The molecule has 0 spiro atoms. The number of allylic oxidation sites excluding steroid dienone is 1. The number of aromatic nitrogens is 2. The van der Waals surface area contributed by atoms with Crippen LogP contribution in [0.4, 0.5) is 11.5 Å². The van der Waals surface area contributed by atoms with Crippen LogP contribution in [-0.2, 0) is 0 Å². The van der Waals surface area contributed by atoms with Crippen LogP contribution in [-0.4, -0.2) is 16.0 Å². The SMILES string of the molecule is CC(C)=CCOc1cc(Nc2nccn3cccc23)ccc1C#N. The summed E-state index contributed by atoms with van der Waals surface area (Å²) in [5.41, 5.74) is 3.49. The molecule has 3 aromatic rings. The van der Waals surface area contributed by atoms with Crippen LogP contribution in [0.25, 0.3) is 5.52 Å². The first-order valence-corrected chi connectivity index (χ1v) is 7.66. The Hall–Kier alpha value is -3.26. The normalized spacial score (nSPS) is 10.2. The molecule has 0 bridgehead atoms. The number of benzene rings is 1. The van der Waals surface area contributed by atoms with E-state index < -0.39 is 0 Å². The van der Waals surface area contributed by atoms with Crippen LogP contribution < -0.4 is 10.1 Å². The highest BCUT2D eigenvalue weighted by Crippen LogP contribution is 2.26. The third-order valence-corrected chi connectivity index (χ3v) is 3.55. The van der Waals surface area contributed by atoms with Gasteiger partial charge in [0.2, 0.25) is 0 Å². The Labute approximate surface area is 140 Å². The van der Waals surface area contributed by atoms with Crippen molar-refractivity contribution >= 4 is 17.0 Å². The van der Waals surface area contributed by atoms with Crippen molar-refractivity contribution in [3.8, 4) is 11.8 Å². The number of ether oxygens (including phenoxy) is 1. The molecule has 1 N–H and O–H groups in total. The zero-order chi connectivity index (χ0) is 16.9. The molecule has 0 aliphatic heterocycles. The first-order valence-electron chi connectivity index (χ1n) is 7.66. The number of hydrogen-bond donors (Lipinski definition) is 1. The van der Waals surface area contributed by atoms with Gasteiger partial charge in [-0.1, -0.05) is 5.57 Å². The van der Waals surface area contributed by atoms with Gasteiger partial charge in [0.1, 0.15) is 18.4 Å². The zero-order valence-corrected chi connectivity index (χ0v) is 13.7. The van der Waals surface area contributed by atoms with Gasteiger partial charge in [-0.25, -0.2) is 4.98 Å². The van der Waals surface area contributed by atoms with E-state index in [-0.39, 0.29) is 0 Å². The van der Waals surface area contributed by atoms with Crippen LogP contribution in [0.5, 0.6) is 5.75 Å². The highest BCUT2D eigenvalue weighted by Gasteiger charge is 2.07. The van der Waals surface area contributed by atoms with E-state index in [1.807, 2.05) is 61.0 Å². The van der Waals surface area contributed by atoms with E-state index >= 15 is 0 Å². The first kappa shape index (κ1) is 15.6. The molecule has 24 heavy (non-hydrogen) atoms. The maximum atomic E-state index is 9.24. The molecule has 0 saturated heterocycles. The van der Waals surface area contributed by atoms with E-state index in [9.17, 15) is 5.26 Å². The molecule has 2 aromatic heterocycles. The molecule has 0 atom stereocenters. The van der Waals surface area contributed by atoms with Gasteiger partial charge in [0.25, 0.3) is 0 Å². The number of rotatable bonds is 5. The number of nitriles is 1. The summed E-state index contributed by atoms with van der Waals surface area (Å²) in [6.45, 7) is 4.46. The molecule has 0 aliphatic carbocycles. The van der Waals surface area contributed by atoms with Crippen molar-refractivity contribution in [3.63, 3.8) is 0 Å². The van der Waals surface area contributed by atoms with E-state index in [0.29, 0.717) is 17.9 Å². The van der Waals surface area contributed by atoms with Crippen LogP contribution >= 0.6 is 0 Å². The molecule has 120 valence electrons. The Kier molecular flexibility index (Phi) is 4.48. The molecule has 0 unspecified atom stereocenters. The minimum atomic E-state index is 0.438. The smallest absolute Gasteiger partial charge is 0.154 e. The van der Waals surface area contributed by atoms with Crippen LogP contribution in [0.2, 0.25) is 0 Å². The third-order valence-electron chi connectivity index (χ3n) is 3.55. The average Bonchev–Trinajstić information content (AvgIpc) is 3.04. The highest BCUT2D eigenvalue weighted by molar-refractivity contribution is 5.74. The van der Waals surface area contributed by atoms with Gasteiger partial charge in [0.05, 0.1) is 11.1 Å². The molecule has 2 heterocycles. The Balaban J connectivity index is 1.87. The lowest BCUT2D eigenvalue weighted by Gasteiger charge is -2.11. The van der Waals surface area contributed by atoms with Gasteiger partial charge in [-0.05, 0) is 44.2 Å². The first-order chi connectivity index (χ1) is 11.7. The van der Waals surface area contributed by atoms with Crippen molar-refractivity contribution in [2.75, 3.05) is 11.9 Å². The van der Waals surface area contributed by atoms with Crippen LogP contribution in [0.15, 0.2) is 60.6 Å². The van der Waals surface area contributed by atoms with E-state index in [2.05, 4.69) is 16.4 Å². The van der Waals surface area contributed by atoms with Gasteiger partial charge in [0.15, 0.2) is 5.82 Å². The Morgan fingerprint density at radius 2 is 2.21 bits per heavy atom. The lowest BCUT2D eigenvalue weighted by molar-refractivity contribution is 0.361. The Morgan fingerprint density at radius 3 is 3.00 bits per heavy atom. The lowest BCUT2D eigenvalue weighted by atomic mass is 10.2. The summed E-state index contributed by atoms with van der Waals surface area (Å²) in [6.07, 6.45) is 7.58. The second-order valence-corrected chi connectivity index (χ2v) is 5.62. The summed E-state index contributed by atoms with van der Waals surface area (Å²) in [5.74, 6) is 1.31. The predicted molar refractivity (Wildman–Crippen MR) is 94.6 cm³/mol. The third kappa shape index (κ3) is 3.39. The van der Waals surface area contributed by atoms with E-state index in [1.165, 1.54) is 5.57 Å². The molecule has 3 rings (SSSR count). The van der Waals surface area contributed by atoms with Crippen molar-refractivity contribution in [3.05, 3.63) is 66.1 Å². The molecule has 0 aliphatic rings. The summed E-state index contributed by atoms with van der Waals surface area (Å²) in [7, 11) is 0. The predicted octanol–water partition coefficient (Wildman–Crippen LogP) is 4.29. The van der Waals surface area contributed by atoms with Crippen LogP contribution in [0, 0.1) is 11.3 Å². The van der Waals surface area contributed by atoms with Crippen molar-refractivity contribution in [2.45, 2.75) is 13.8 Å². The second kappa shape index (κ2) is 6.88. The highest BCUT2D eigenvalue weighted by atomic mass is 16.5. The average molecular weight is 318 g/mol. The quantitative estimate of drug-likeness (QED) is 0.713. The monoisotopic (exact) mass is 318 g/mol. The minimum absolute atomic E-state index is 0.438. The molecule has 5 heteroatoms. The van der Waals surface area contributed by atoms with Gasteiger partial charge in [-0.3, -0.25) is 0 Å². The van der Waals surface area contributed by atoms with E-state index in [4.69, 9.17) is 4.74 Å². The van der Waals surface area contributed by atoms with Gasteiger partial charge in [-0.15, -0.1) is 0 Å². The molecule has 0 radical (unpaired) electrons. The number of hydrogen-bond acceptors (Lipinski definition) is 4. The van der Waals surface area contributed by atoms with Crippen LogP contribution in [0.1, 0.15) is 19.4 Å². The van der Waals surface area contributed by atoms with Crippen molar-refractivity contribution in [1.29, 1.82) is 5.26 Å².